The summed E-state index contributed by atoms with van der Waals surface area (Å²) in [4.78, 5) is 14.2. The quantitative estimate of drug-likeness (QED) is 0.893. The molecule has 4 heteroatoms. The molecule has 1 aromatic carbocycles. The van der Waals surface area contributed by atoms with Crippen LogP contribution in [0.15, 0.2) is 18.2 Å². The number of aliphatic hydroxyl groups is 1. The predicted molar refractivity (Wildman–Crippen MR) is 74.1 cm³/mol. The lowest BCUT2D eigenvalue weighted by atomic mass is 10.1. The Morgan fingerprint density at radius 3 is 2.67 bits per heavy atom. The van der Waals surface area contributed by atoms with Crippen LogP contribution in [0, 0.1) is 6.92 Å². The average Bonchev–Trinajstić information content (AvgIpc) is 2.32. The van der Waals surface area contributed by atoms with Gasteiger partial charge in [-0.2, -0.15) is 0 Å². The number of aliphatic hydroxyl groups excluding tert-OH is 1. The molecule has 0 heterocycles. The molecule has 0 aliphatic rings. The minimum Gasteiger partial charge on any atom is -0.396 e. The van der Waals surface area contributed by atoms with Crippen molar-refractivity contribution in [1.82, 2.24) is 4.90 Å². The molecule has 0 aliphatic carbocycles. The van der Waals surface area contributed by atoms with Crippen LogP contribution in [0.4, 0.5) is 0 Å². The number of carbonyl (C=O) groups is 1. The zero-order chi connectivity index (χ0) is 13.7. The van der Waals surface area contributed by atoms with Crippen LogP contribution in [0.3, 0.4) is 0 Å². The van der Waals surface area contributed by atoms with Gasteiger partial charge in [0.2, 0.25) is 0 Å². The molecule has 0 aliphatic heterocycles. The maximum Gasteiger partial charge on any atom is 0.255 e. The highest BCUT2D eigenvalue weighted by molar-refractivity contribution is 6.34. The average molecular weight is 270 g/mol. The molecule has 0 unspecified atom stereocenters. The minimum atomic E-state index is -0.0767. The molecule has 1 N–H and O–H groups in total. The van der Waals surface area contributed by atoms with E-state index < -0.39 is 0 Å². The number of halogens is 1. The zero-order valence-electron chi connectivity index (χ0n) is 11.1. The maximum absolute atomic E-state index is 12.4. The van der Waals surface area contributed by atoms with Gasteiger partial charge in [0, 0.05) is 19.2 Å². The topological polar surface area (TPSA) is 40.5 Å². The molecule has 1 amide bonds. The van der Waals surface area contributed by atoms with Crippen molar-refractivity contribution < 1.29 is 9.90 Å². The third-order valence-electron chi connectivity index (χ3n) is 2.86. The van der Waals surface area contributed by atoms with Crippen LogP contribution < -0.4 is 0 Å². The summed E-state index contributed by atoms with van der Waals surface area (Å²) in [5, 5.41) is 9.40. The van der Waals surface area contributed by atoms with Gasteiger partial charge in [-0.1, -0.05) is 23.7 Å². The van der Waals surface area contributed by atoms with Crippen LogP contribution in [0.25, 0.3) is 0 Å². The summed E-state index contributed by atoms with van der Waals surface area (Å²) in [6.07, 6.45) is 0.577. The van der Waals surface area contributed by atoms with Crippen molar-refractivity contribution in [2.75, 3.05) is 13.2 Å². The molecule has 1 aromatic rings. The second-order valence-electron chi connectivity index (χ2n) is 4.61. The molecule has 0 saturated carbocycles. The van der Waals surface area contributed by atoms with Gasteiger partial charge in [0.15, 0.2) is 0 Å². The first-order chi connectivity index (χ1) is 8.49. The van der Waals surface area contributed by atoms with Gasteiger partial charge in [-0.15, -0.1) is 0 Å². The van der Waals surface area contributed by atoms with E-state index in [-0.39, 0.29) is 18.6 Å². The molecule has 100 valence electrons. The number of hydrogen-bond acceptors (Lipinski definition) is 2. The molecule has 0 radical (unpaired) electrons. The van der Waals surface area contributed by atoms with Crippen molar-refractivity contribution >= 4 is 17.5 Å². The summed E-state index contributed by atoms with van der Waals surface area (Å²) in [6, 6.07) is 5.54. The van der Waals surface area contributed by atoms with Gasteiger partial charge in [0.25, 0.3) is 5.91 Å². The highest BCUT2D eigenvalue weighted by Gasteiger charge is 2.20. The van der Waals surface area contributed by atoms with Crippen molar-refractivity contribution in [2.24, 2.45) is 0 Å². The molecular formula is C14H20ClNO2. The number of amides is 1. The van der Waals surface area contributed by atoms with Gasteiger partial charge >= 0.3 is 0 Å². The lowest BCUT2D eigenvalue weighted by Gasteiger charge is -2.27. The highest BCUT2D eigenvalue weighted by atomic mass is 35.5. The molecule has 3 nitrogen and oxygen atoms in total. The van der Waals surface area contributed by atoms with E-state index in [1.54, 1.807) is 11.0 Å². The number of hydrogen-bond donors (Lipinski definition) is 1. The van der Waals surface area contributed by atoms with Crippen molar-refractivity contribution in [3.63, 3.8) is 0 Å². The van der Waals surface area contributed by atoms with Crippen LogP contribution in [-0.4, -0.2) is 35.1 Å². The van der Waals surface area contributed by atoms with E-state index in [2.05, 4.69) is 0 Å². The normalized spacial score (nSPS) is 10.8. The summed E-state index contributed by atoms with van der Waals surface area (Å²) in [6.45, 7) is 6.42. The number of rotatable bonds is 5. The zero-order valence-corrected chi connectivity index (χ0v) is 11.9. The SMILES string of the molecule is Cc1cccc(C(=O)N(CCCO)C(C)C)c1Cl. The fourth-order valence-electron chi connectivity index (χ4n) is 1.80. The second kappa shape index (κ2) is 6.76. The minimum absolute atomic E-state index is 0.0767. The Balaban J connectivity index is 2.98. The first kappa shape index (κ1) is 15.0. The molecular weight excluding hydrogens is 250 g/mol. The summed E-state index contributed by atoms with van der Waals surface area (Å²) >= 11 is 6.17. The van der Waals surface area contributed by atoms with Crippen molar-refractivity contribution in [3.8, 4) is 0 Å². The molecule has 18 heavy (non-hydrogen) atoms. The maximum atomic E-state index is 12.4. The van der Waals surface area contributed by atoms with Crippen molar-refractivity contribution in [2.45, 2.75) is 33.2 Å². The molecule has 0 aromatic heterocycles. The lowest BCUT2D eigenvalue weighted by Crippen LogP contribution is -2.38. The molecule has 0 spiro atoms. The Morgan fingerprint density at radius 1 is 1.44 bits per heavy atom. The second-order valence-corrected chi connectivity index (χ2v) is 4.98. The first-order valence-corrected chi connectivity index (χ1v) is 6.53. The van der Waals surface area contributed by atoms with E-state index in [9.17, 15) is 4.79 Å². The van der Waals surface area contributed by atoms with E-state index in [4.69, 9.17) is 16.7 Å². The molecule has 1 rings (SSSR count). The van der Waals surface area contributed by atoms with E-state index >= 15 is 0 Å². The fraction of sp³-hybridized carbons (Fsp3) is 0.500. The Morgan fingerprint density at radius 2 is 2.11 bits per heavy atom. The van der Waals surface area contributed by atoms with Crippen LogP contribution in [0.2, 0.25) is 5.02 Å². The predicted octanol–water partition coefficient (Wildman–Crippen LogP) is 2.88. The van der Waals surface area contributed by atoms with Crippen LogP contribution in [0.5, 0.6) is 0 Å². The summed E-state index contributed by atoms with van der Waals surface area (Å²) in [5.74, 6) is -0.0767. The van der Waals surface area contributed by atoms with Crippen LogP contribution in [0.1, 0.15) is 36.2 Å². The third kappa shape index (κ3) is 3.47. The van der Waals surface area contributed by atoms with Gasteiger partial charge in [0.05, 0.1) is 10.6 Å². The van der Waals surface area contributed by atoms with Crippen molar-refractivity contribution in [3.05, 3.63) is 34.3 Å². The van der Waals surface area contributed by atoms with E-state index in [0.29, 0.717) is 23.6 Å². The van der Waals surface area contributed by atoms with E-state index in [0.717, 1.165) is 5.56 Å². The standard InChI is InChI=1S/C14H20ClNO2/c1-10(2)16(8-5-9-17)14(18)12-7-4-6-11(3)13(12)15/h4,6-7,10,17H,5,8-9H2,1-3H3. The molecule has 0 saturated heterocycles. The van der Waals surface area contributed by atoms with Gasteiger partial charge in [-0.05, 0) is 38.8 Å². The van der Waals surface area contributed by atoms with Gasteiger partial charge in [0.1, 0.15) is 0 Å². The van der Waals surface area contributed by atoms with Crippen LogP contribution in [-0.2, 0) is 0 Å². The third-order valence-corrected chi connectivity index (χ3v) is 3.37. The van der Waals surface area contributed by atoms with Gasteiger partial charge < -0.3 is 10.0 Å². The Bertz CT molecular complexity index is 418. The van der Waals surface area contributed by atoms with E-state index in [1.165, 1.54) is 0 Å². The number of benzene rings is 1. The molecule has 0 atom stereocenters. The largest absolute Gasteiger partial charge is 0.396 e. The summed E-state index contributed by atoms with van der Waals surface area (Å²) in [5.41, 5.74) is 1.43. The molecule has 0 bridgehead atoms. The molecule has 0 fully saturated rings. The fourth-order valence-corrected chi connectivity index (χ4v) is 2.01. The Labute approximate surface area is 113 Å². The van der Waals surface area contributed by atoms with E-state index in [1.807, 2.05) is 32.9 Å². The lowest BCUT2D eigenvalue weighted by molar-refractivity contribution is 0.0693. The van der Waals surface area contributed by atoms with Gasteiger partial charge in [-0.3, -0.25) is 4.79 Å². The highest BCUT2D eigenvalue weighted by Crippen LogP contribution is 2.22. The van der Waals surface area contributed by atoms with Gasteiger partial charge in [-0.25, -0.2) is 0 Å². The summed E-state index contributed by atoms with van der Waals surface area (Å²) < 4.78 is 0. The van der Waals surface area contributed by atoms with Crippen molar-refractivity contribution in [1.29, 1.82) is 0 Å². The number of aryl methyl sites for hydroxylation is 1. The monoisotopic (exact) mass is 269 g/mol. The Kier molecular flexibility index (Phi) is 5.63. The van der Waals surface area contributed by atoms with Crippen LogP contribution >= 0.6 is 11.6 Å². The Hall–Kier alpha value is -1.06. The first-order valence-electron chi connectivity index (χ1n) is 6.16. The number of carbonyl (C=O) groups excluding carboxylic acids is 1. The summed E-state index contributed by atoms with van der Waals surface area (Å²) in [7, 11) is 0. The smallest absolute Gasteiger partial charge is 0.255 e. The number of nitrogens with zero attached hydrogens (tertiary/aromatic N) is 1.